The predicted octanol–water partition coefficient (Wildman–Crippen LogP) is 2.78. The molecule has 0 radical (unpaired) electrons. The number of fused-ring (bicyclic) bond motifs is 1. The van der Waals surface area contributed by atoms with Crippen molar-refractivity contribution in [2.45, 2.75) is 22.8 Å². The summed E-state index contributed by atoms with van der Waals surface area (Å²) in [5, 5.41) is 21.4. The Bertz CT molecular complexity index is 1020. The Kier molecular flexibility index (Phi) is 5.09. The SMILES string of the molecule is O=c1[nH]ccc2cc(F)c(NSc3ccc(N4CCC(O)C(O)C4)s3)cc12. The maximum Gasteiger partial charge on any atom is 0.255 e. The van der Waals surface area contributed by atoms with E-state index in [2.05, 4.69) is 9.71 Å². The number of β-amino-alcohol motifs (C(OH)–C–C–N with tert-alkyl or cyclic N) is 1. The summed E-state index contributed by atoms with van der Waals surface area (Å²) in [6.45, 7) is 1.07. The maximum atomic E-state index is 14.3. The summed E-state index contributed by atoms with van der Waals surface area (Å²) in [4.78, 5) is 16.5. The highest BCUT2D eigenvalue weighted by Crippen LogP contribution is 2.35. The van der Waals surface area contributed by atoms with Gasteiger partial charge in [0.05, 0.1) is 27.1 Å². The number of rotatable bonds is 4. The van der Waals surface area contributed by atoms with Crippen LogP contribution in [0.15, 0.2) is 45.5 Å². The van der Waals surface area contributed by atoms with Crippen molar-refractivity contribution >= 4 is 44.7 Å². The number of nitrogens with one attached hydrogen (secondary N) is 2. The molecule has 1 fully saturated rings. The molecule has 1 aromatic carbocycles. The molecule has 0 spiro atoms. The molecule has 4 N–H and O–H groups in total. The van der Waals surface area contributed by atoms with Crippen molar-refractivity contribution in [1.29, 1.82) is 0 Å². The van der Waals surface area contributed by atoms with Gasteiger partial charge in [0.2, 0.25) is 0 Å². The molecule has 6 nitrogen and oxygen atoms in total. The summed E-state index contributed by atoms with van der Waals surface area (Å²) in [5.74, 6) is -0.425. The fourth-order valence-corrected chi connectivity index (χ4v) is 4.87. The normalized spacial score (nSPS) is 20.2. The monoisotopic (exact) mass is 407 g/mol. The van der Waals surface area contributed by atoms with Gasteiger partial charge in [0.1, 0.15) is 5.82 Å². The first-order valence-electron chi connectivity index (χ1n) is 8.46. The van der Waals surface area contributed by atoms with Crippen molar-refractivity contribution in [3.63, 3.8) is 0 Å². The lowest BCUT2D eigenvalue weighted by molar-refractivity contribution is 0.00816. The number of thiophene rings is 1. The molecule has 1 aliphatic rings. The fourth-order valence-electron chi connectivity index (χ4n) is 3.05. The van der Waals surface area contributed by atoms with E-state index in [0.717, 1.165) is 9.21 Å². The predicted molar refractivity (Wildman–Crippen MR) is 107 cm³/mol. The van der Waals surface area contributed by atoms with E-state index in [1.54, 1.807) is 6.07 Å². The summed E-state index contributed by atoms with van der Waals surface area (Å²) in [5.41, 5.74) is -0.0135. The molecular formula is C18H18FN3O3S2. The van der Waals surface area contributed by atoms with E-state index in [-0.39, 0.29) is 11.2 Å². The van der Waals surface area contributed by atoms with Crippen LogP contribution in [0.4, 0.5) is 15.1 Å². The van der Waals surface area contributed by atoms with Gasteiger partial charge in [0.25, 0.3) is 5.56 Å². The number of H-pyrrole nitrogens is 1. The van der Waals surface area contributed by atoms with E-state index >= 15 is 0 Å². The van der Waals surface area contributed by atoms with E-state index < -0.39 is 18.0 Å². The van der Waals surface area contributed by atoms with Gasteiger partial charge in [0.15, 0.2) is 0 Å². The number of pyridine rings is 1. The van der Waals surface area contributed by atoms with E-state index in [4.69, 9.17) is 0 Å². The molecule has 1 saturated heterocycles. The average Bonchev–Trinajstić information content (AvgIpc) is 3.12. The summed E-state index contributed by atoms with van der Waals surface area (Å²) >= 11 is 2.78. The van der Waals surface area contributed by atoms with Gasteiger partial charge < -0.3 is 24.8 Å². The van der Waals surface area contributed by atoms with Crippen LogP contribution in [0, 0.1) is 5.82 Å². The minimum atomic E-state index is -0.750. The summed E-state index contributed by atoms with van der Waals surface area (Å²) in [7, 11) is 0. The molecule has 0 aliphatic carbocycles. The highest BCUT2D eigenvalue weighted by molar-refractivity contribution is 8.02. The summed E-state index contributed by atoms with van der Waals surface area (Å²) in [6.07, 6.45) is 0.599. The average molecular weight is 407 g/mol. The number of aliphatic hydroxyl groups is 2. The van der Waals surface area contributed by atoms with E-state index in [1.165, 1.54) is 41.6 Å². The number of benzene rings is 1. The lowest BCUT2D eigenvalue weighted by Crippen LogP contribution is -2.46. The zero-order chi connectivity index (χ0) is 19.0. The van der Waals surface area contributed by atoms with Crippen LogP contribution >= 0.6 is 23.3 Å². The highest BCUT2D eigenvalue weighted by atomic mass is 32.2. The summed E-state index contributed by atoms with van der Waals surface area (Å²) in [6, 6.07) is 8.37. The van der Waals surface area contributed by atoms with Gasteiger partial charge in [-0.1, -0.05) is 0 Å². The number of nitrogens with zero attached hydrogens (tertiary/aromatic N) is 1. The van der Waals surface area contributed by atoms with Gasteiger partial charge in [-0.25, -0.2) is 4.39 Å². The molecule has 4 rings (SSSR count). The van der Waals surface area contributed by atoms with E-state index in [0.29, 0.717) is 30.3 Å². The van der Waals surface area contributed by atoms with Crippen molar-refractivity contribution < 1.29 is 14.6 Å². The third-order valence-electron chi connectivity index (χ3n) is 4.55. The van der Waals surface area contributed by atoms with E-state index in [1.807, 2.05) is 17.0 Å². The molecule has 142 valence electrons. The van der Waals surface area contributed by atoms with Crippen LogP contribution in [0.3, 0.4) is 0 Å². The van der Waals surface area contributed by atoms with Crippen LogP contribution in [0.5, 0.6) is 0 Å². The Morgan fingerprint density at radius 3 is 2.93 bits per heavy atom. The number of aliphatic hydroxyl groups excluding tert-OH is 2. The van der Waals surface area contributed by atoms with Gasteiger partial charge in [0, 0.05) is 24.7 Å². The number of anilines is 2. The van der Waals surface area contributed by atoms with Crippen molar-refractivity contribution in [1.82, 2.24) is 4.98 Å². The van der Waals surface area contributed by atoms with Gasteiger partial charge in [-0.15, -0.1) is 11.3 Å². The zero-order valence-corrected chi connectivity index (χ0v) is 15.8. The number of piperidine rings is 1. The lowest BCUT2D eigenvalue weighted by atomic mass is 10.1. The zero-order valence-electron chi connectivity index (χ0n) is 14.2. The molecule has 2 aromatic heterocycles. The first-order chi connectivity index (χ1) is 13.0. The van der Waals surface area contributed by atoms with Gasteiger partial charge in [-0.05, 0) is 54.1 Å². The Morgan fingerprint density at radius 2 is 2.11 bits per heavy atom. The number of aromatic amines is 1. The minimum Gasteiger partial charge on any atom is -0.390 e. The van der Waals surface area contributed by atoms with Crippen molar-refractivity contribution in [3.8, 4) is 0 Å². The molecule has 2 atom stereocenters. The Balaban J connectivity index is 1.47. The highest BCUT2D eigenvalue weighted by Gasteiger charge is 2.26. The number of hydrogen-bond donors (Lipinski definition) is 4. The molecule has 9 heteroatoms. The molecule has 0 amide bonds. The topological polar surface area (TPSA) is 88.6 Å². The minimum absolute atomic E-state index is 0.246. The molecule has 0 saturated carbocycles. The first-order valence-corrected chi connectivity index (χ1v) is 10.1. The third kappa shape index (κ3) is 3.81. The number of hydrogen-bond acceptors (Lipinski definition) is 7. The largest absolute Gasteiger partial charge is 0.390 e. The Hall–Kier alpha value is -2.07. The quantitative estimate of drug-likeness (QED) is 0.498. The lowest BCUT2D eigenvalue weighted by Gasteiger charge is -2.33. The Labute approximate surface area is 162 Å². The summed E-state index contributed by atoms with van der Waals surface area (Å²) < 4.78 is 18.2. The Morgan fingerprint density at radius 1 is 1.26 bits per heavy atom. The van der Waals surface area contributed by atoms with Gasteiger partial charge in [-0.2, -0.15) is 0 Å². The molecule has 3 aromatic rings. The van der Waals surface area contributed by atoms with Crippen LogP contribution < -0.4 is 15.2 Å². The van der Waals surface area contributed by atoms with Gasteiger partial charge >= 0.3 is 0 Å². The molecule has 2 unspecified atom stereocenters. The van der Waals surface area contributed by atoms with Crippen LogP contribution in [-0.4, -0.2) is 40.5 Å². The molecule has 27 heavy (non-hydrogen) atoms. The number of halogens is 1. The second-order valence-corrected chi connectivity index (χ2v) is 8.56. The molecule has 1 aliphatic heterocycles. The van der Waals surface area contributed by atoms with Crippen LogP contribution in [0.2, 0.25) is 0 Å². The van der Waals surface area contributed by atoms with Crippen molar-refractivity contribution in [3.05, 3.63) is 52.7 Å². The van der Waals surface area contributed by atoms with Crippen LogP contribution in [0.25, 0.3) is 10.8 Å². The molecule has 0 bridgehead atoms. The second kappa shape index (κ2) is 7.51. The molecular weight excluding hydrogens is 389 g/mol. The number of aromatic nitrogens is 1. The third-order valence-corrected chi connectivity index (χ3v) is 6.65. The second-order valence-electron chi connectivity index (χ2n) is 6.39. The first kappa shape index (κ1) is 18.3. The van der Waals surface area contributed by atoms with Gasteiger partial charge in [-0.3, -0.25) is 4.79 Å². The standard InChI is InChI=1S/C18H18FN3O3S2/c19-12-7-10-3-5-20-18(25)11(10)8-13(12)21-27-17-2-1-16(26-17)22-6-4-14(23)15(24)9-22/h1-3,5,7-8,14-15,21,23-24H,4,6,9H2,(H,20,25). The van der Waals surface area contributed by atoms with Crippen molar-refractivity contribution in [2.24, 2.45) is 0 Å². The fraction of sp³-hybridized carbons (Fsp3) is 0.278. The van der Waals surface area contributed by atoms with Crippen LogP contribution in [-0.2, 0) is 0 Å². The van der Waals surface area contributed by atoms with E-state index in [9.17, 15) is 19.4 Å². The maximum absolute atomic E-state index is 14.3. The van der Waals surface area contributed by atoms with Crippen LogP contribution in [0.1, 0.15) is 6.42 Å². The molecule has 3 heterocycles. The van der Waals surface area contributed by atoms with Crippen molar-refractivity contribution in [2.75, 3.05) is 22.7 Å². The smallest absolute Gasteiger partial charge is 0.255 e.